The van der Waals surface area contributed by atoms with Gasteiger partial charge in [0.25, 0.3) is 0 Å². The van der Waals surface area contributed by atoms with Gasteiger partial charge in [0.1, 0.15) is 0 Å². The first kappa shape index (κ1) is 9.98. The summed E-state index contributed by atoms with van der Waals surface area (Å²) < 4.78 is 34.5. The summed E-state index contributed by atoms with van der Waals surface area (Å²) in [6.07, 6.45) is 0. The van der Waals surface area contributed by atoms with Crippen molar-refractivity contribution < 1.29 is 51.5 Å². The number of hydrogen-bond acceptors (Lipinski definition) is 4. The molecule has 0 heterocycles. The molecule has 0 N–H and O–H groups in total. The second-order valence-corrected chi connectivity index (χ2v) is 2.42. The molecule has 0 saturated heterocycles. The fraction of sp³-hybridized carbons (Fsp3) is 0. The third-order valence-electron chi connectivity index (χ3n) is 0. The van der Waals surface area contributed by atoms with Crippen molar-refractivity contribution in [2.24, 2.45) is 0 Å². The molecule has 0 fully saturated rings. The Hall–Kier alpha value is 0.871. The maximum absolute atomic E-state index is 8.63. The summed E-state index contributed by atoms with van der Waals surface area (Å²) in [5, 5.41) is 0. The monoisotopic (exact) mass is 268 g/mol. The van der Waals surface area contributed by atoms with Crippen LogP contribution in [-0.4, -0.2) is 0 Å². The molecule has 0 aliphatic carbocycles. The molecule has 0 bridgehead atoms. The van der Waals surface area contributed by atoms with Gasteiger partial charge in [0.05, 0.1) is 0 Å². The Balaban J connectivity index is 0. The van der Waals surface area contributed by atoms with Crippen molar-refractivity contribution >= 4 is 0 Å². The number of rotatable bonds is 0. The van der Waals surface area contributed by atoms with Gasteiger partial charge in [-0.2, -0.15) is 0 Å². The Bertz CT molecular complexity index is 90.7. The fourth-order valence-corrected chi connectivity index (χ4v) is 0. The second-order valence-electron chi connectivity index (χ2n) is 0.408. The molecule has 0 spiro atoms. The van der Waals surface area contributed by atoms with Crippen LogP contribution in [0.3, 0.4) is 0 Å². The zero-order valence-corrected chi connectivity index (χ0v) is 5.92. The molecule has 40 valence electrons. The Morgan fingerprint density at radius 1 is 1.17 bits per heavy atom. The van der Waals surface area contributed by atoms with Gasteiger partial charge in [0.15, 0.2) is 0 Å². The van der Waals surface area contributed by atoms with E-state index in [1.165, 1.54) is 0 Å². The van der Waals surface area contributed by atoms with E-state index >= 15 is 0 Å². The van der Waals surface area contributed by atoms with E-state index in [1.54, 1.807) is 0 Å². The van der Waals surface area contributed by atoms with Crippen molar-refractivity contribution in [3.8, 4) is 0 Å². The van der Waals surface area contributed by atoms with Crippen molar-refractivity contribution in [1.29, 1.82) is 0 Å². The minimum atomic E-state index is -6.02. The molecule has 0 rings (SSSR count). The molecule has 0 aromatic rings. The molecule has 6 heavy (non-hydrogen) atoms. The van der Waals surface area contributed by atoms with Gasteiger partial charge in [-0.1, -0.05) is 0 Å². The molecule has 0 aliphatic rings. The van der Waals surface area contributed by atoms with Gasteiger partial charge < -0.3 is 0 Å². The minimum absolute atomic E-state index is 0. The molecule has 0 amide bonds. The van der Waals surface area contributed by atoms with E-state index in [1.807, 2.05) is 0 Å². The predicted molar refractivity (Wildman–Crippen MR) is 1.37 cm³/mol. The van der Waals surface area contributed by atoms with Crippen LogP contribution >= 0.6 is 0 Å². The second kappa shape index (κ2) is 2.95. The van der Waals surface area contributed by atoms with Crippen LogP contribution in [0.4, 0.5) is 0 Å². The smallest absolute Gasteiger partial charge is 2.00 e. The summed E-state index contributed by atoms with van der Waals surface area (Å²) in [6, 6.07) is 0. The summed E-state index contributed by atoms with van der Waals surface area (Å²) in [4.78, 5) is 0. The Morgan fingerprint density at radius 2 is 1.17 bits per heavy atom. The fourth-order valence-electron chi connectivity index (χ4n) is 0. The number of hydrogen-bond donors (Lipinski definition) is 0. The van der Waals surface area contributed by atoms with Crippen molar-refractivity contribution in [2.45, 2.75) is 0 Å². The Labute approximate surface area is 51.6 Å². The zero-order valence-electron chi connectivity index (χ0n) is 2.36. The molecule has 0 aromatic carbocycles. The molecule has 4 nitrogen and oxygen atoms in total. The molecular formula is MoO4Pd. The van der Waals surface area contributed by atoms with E-state index in [0.717, 1.165) is 0 Å². The minimum Gasteiger partial charge on any atom is 2.00 e. The summed E-state index contributed by atoms with van der Waals surface area (Å²) in [5.74, 6) is 0. The summed E-state index contributed by atoms with van der Waals surface area (Å²) in [6.45, 7) is 0. The van der Waals surface area contributed by atoms with E-state index < -0.39 is 16.7 Å². The SMILES string of the molecule is [O]=[Mo](=[O])([O-])[O-].[Pd+2]. The molecule has 0 saturated carbocycles. The predicted octanol–water partition coefficient (Wildman–Crippen LogP) is -2.62. The first-order chi connectivity index (χ1) is 2.00. The van der Waals surface area contributed by atoms with Gasteiger partial charge >= 0.3 is 51.5 Å². The van der Waals surface area contributed by atoms with Crippen molar-refractivity contribution in [3.05, 3.63) is 0 Å². The van der Waals surface area contributed by atoms with E-state index in [-0.39, 0.29) is 20.4 Å². The van der Waals surface area contributed by atoms with Crippen LogP contribution in [0.15, 0.2) is 0 Å². The van der Waals surface area contributed by atoms with Gasteiger partial charge in [-0.25, -0.2) is 0 Å². The van der Waals surface area contributed by atoms with Crippen LogP contribution in [0.1, 0.15) is 0 Å². The quantitative estimate of drug-likeness (QED) is 0.450. The standard InChI is InChI=1S/Mo.4O.Pd/q;;;2*-1;+2. The maximum atomic E-state index is 8.63. The third-order valence-corrected chi connectivity index (χ3v) is 0. The van der Waals surface area contributed by atoms with Crippen LogP contribution in [0.2, 0.25) is 0 Å². The topological polar surface area (TPSA) is 80.3 Å². The molecule has 0 aromatic heterocycles. The molecule has 0 aliphatic heterocycles. The van der Waals surface area contributed by atoms with Crippen LogP contribution in [-0.2, 0) is 44.0 Å². The van der Waals surface area contributed by atoms with E-state index in [2.05, 4.69) is 0 Å². The van der Waals surface area contributed by atoms with Gasteiger partial charge in [0.2, 0.25) is 0 Å². The Morgan fingerprint density at radius 3 is 1.17 bits per heavy atom. The average Bonchev–Trinajstić information content (AvgIpc) is 0.722. The van der Waals surface area contributed by atoms with Crippen LogP contribution in [0.25, 0.3) is 0 Å². The average molecular weight is 266 g/mol. The molecule has 0 radical (unpaired) electrons. The molecular weight excluding hydrogens is 266 g/mol. The summed E-state index contributed by atoms with van der Waals surface area (Å²) in [7, 11) is 0. The first-order valence-corrected chi connectivity index (χ1v) is 3.94. The molecule has 6 heteroatoms. The van der Waals surface area contributed by atoms with Gasteiger partial charge in [-0.15, -0.1) is 0 Å². The van der Waals surface area contributed by atoms with Gasteiger partial charge in [0, 0.05) is 0 Å². The van der Waals surface area contributed by atoms with E-state index in [4.69, 9.17) is 14.3 Å². The maximum Gasteiger partial charge on any atom is 2.00 e. The van der Waals surface area contributed by atoms with Gasteiger partial charge in [-0.05, 0) is 0 Å². The van der Waals surface area contributed by atoms with Crippen molar-refractivity contribution in [2.75, 3.05) is 0 Å². The largest absolute Gasteiger partial charge is 2.00 e. The van der Waals surface area contributed by atoms with Crippen molar-refractivity contribution in [1.82, 2.24) is 0 Å². The Kier molecular flexibility index (Phi) is 4.91. The van der Waals surface area contributed by atoms with Gasteiger partial charge in [-0.3, -0.25) is 0 Å². The molecule has 0 unspecified atom stereocenters. The first-order valence-electron chi connectivity index (χ1n) is 0.667. The third kappa shape index (κ3) is 96.3. The van der Waals surface area contributed by atoms with Crippen LogP contribution < -0.4 is 7.52 Å². The normalized spacial score (nSPS) is 9.67. The van der Waals surface area contributed by atoms with E-state index in [9.17, 15) is 0 Å². The zero-order chi connectivity index (χ0) is 4.50. The summed E-state index contributed by atoms with van der Waals surface area (Å²) >= 11 is -6.02. The van der Waals surface area contributed by atoms with E-state index in [0.29, 0.717) is 0 Å². The van der Waals surface area contributed by atoms with Crippen LogP contribution in [0.5, 0.6) is 0 Å². The molecule has 0 atom stereocenters. The summed E-state index contributed by atoms with van der Waals surface area (Å²) in [5.41, 5.74) is 0. The van der Waals surface area contributed by atoms with Crippen molar-refractivity contribution in [3.63, 3.8) is 0 Å². The van der Waals surface area contributed by atoms with Crippen LogP contribution in [0, 0.1) is 0 Å².